The number of thiophene rings is 1. The average molecular weight is 238 g/mol. The molecule has 0 saturated carbocycles. The third-order valence-corrected chi connectivity index (χ3v) is 3.30. The number of aliphatic hydroxyl groups excluding tert-OH is 1. The first-order valence-electron chi connectivity index (χ1n) is 4.78. The minimum atomic E-state index is -0.935. The van der Waals surface area contributed by atoms with Gasteiger partial charge in [-0.05, 0) is 5.56 Å². The summed E-state index contributed by atoms with van der Waals surface area (Å²) in [4.78, 5) is 0.281. The number of halogens is 1. The topological polar surface area (TPSA) is 29.5 Å². The van der Waals surface area contributed by atoms with E-state index in [9.17, 15) is 9.50 Å². The molecule has 1 N–H and O–H groups in total. The lowest BCUT2D eigenvalue weighted by atomic mass is 10.1. The minimum Gasteiger partial charge on any atom is -0.493 e. The smallest absolute Gasteiger partial charge is 0.181 e. The van der Waals surface area contributed by atoms with Crippen molar-refractivity contribution in [1.29, 1.82) is 0 Å². The van der Waals surface area contributed by atoms with Crippen molar-refractivity contribution in [1.82, 2.24) is 0 Å². The van der Waals surface area contributed by atoms with Crippen molar-refractivity contribution in [3.05, 3.63) is 52.0 Å². The van der Waals surface area contributed by atoms with Crippen LogP contribution in [0.15, 0.2) is 35.7 Å². The molecule has 2 aromatic rings. The molecule has 2 rings (SSSR count). The van der Waals surface area contributed by atoms with Crippen molar-refractivity contribution in [2.24, 2.45) is 0 Å². The molecule has 0 fully saturated rings. The first-order chi connectivity index (χ1) is 7.74. The molecule has 0 amide bonds. The molecular weight excluding hydrogens is 227 g/mol. The van der Waals surface area contributed by atoms with E-state index < -0.39 is 11.9 Å². The van der Waals surface area contributed by atoms with Gasteiger partial charge in [0.1, 0.15) is 6.10 Å². The van der Waals surface area contributed by atoms with E-state index in [1.807, 2.05) is 6.07 Å². The summed E-state index contributed by atoms with van der Waals surface area (Å²) >= 11 is 1.15. The normalized spacial score (nSPS) is 12.4. The van der Waals surface area contributed by atoms with E-state index in [1.54, 1.807) is 29.6 Å². The summed E-state index contributed by atoms with van der Waals surface area (Å²) in [6.07, 6.45) is -0.935. The van der Waals surface area contributed by atoms with Gasteiger partial charge in [-0.3, -0.25) is 0 Å². The van der Waals surface area contributed by atoms with Crippen LogP contribution in [0.1, 0.15) is 16.5 Å². The zero-order chi connectivity index (χ0) is 11.5. The lowest BCUT2D eigenvalue weighted by molar-refractivity contribution is 0.218. The third-order valence-electron chi connectivity index (χ3n) is 2.31. The number of methoxy groups -OCH3 is 1. The van der Waals surface area contributed by atoms with Crippen LogP contribution in [0.5, 0.6) is 5.75 Å². The highest BCUT2D eigenvalue weighted by Crippen LogP contribution is 2.34. The molecule has 84 valence electrons. The fourth-order valence-corrected chi connectivity index (χ4v) is 2.35. The van der Waals surface area contributed by atoms with Gasteiger partial charge in [-0.25, -0.2) is 4.39 Å². The van der Waals surface area contributed by atoms with Crippen molar-refractivity contribution in [3.63, 3.8) is 0 Å². The van der Waals surface area contributed by atoms with Crippen LogP contribution >= 0.6 is 11.3 Å². The molecule has 16 heavy (non-hydrogen) atoms. The highest BCUT2D eigenvalue weighted by atomic mass is 32.1. The molecule has 0 bridgehead atoms. The Morgan fingerprint density at radius 1 is 1.31 bits per heavy atom. The van der Waals surface area contributed by atoms with Gasteiger partial charge in [-0.1, -0.05) is 30.3 Å². The summed E-state index contributed by atoms with van der Waals surface area (Å²) in [5.41, 5.74) is 0.672. The van der Waals surface area contributed by atoms with E-state index in [1.165, 1.54) is 7.11 Å². The number of ether oxygens (including phenoxy) is 1. The zero-order valence-electron chi connectivity index (χ0n) is 8.68. The molecule has 4 heteroatoms. The van der Waals surface area contributed by atoms with Gasteiger partial charge in [0, 0.05) is 5.38 Å². The number of aliphatic hydroxyl groups is 1. The Morgan fingerprint density at radius 3 is 2.56 bits per heavy atom. The number of hydrogen-bond acceptors (Lipinski definition) is 3. The van der Waals surface area contributed by atoms with Gasteiger partial charge in [-0.2, -0.15) is 0 Å². The lowest BCUT2D eigenvalue weighted by Crippen LogP contribution is -1.99. The molecule has 0 saturated heterocycles. The summed E-state index contributed by atoms with van der Waals surface area (Å²) < 4.78 is 18.5. The molecule has 0 aliphatic carbocycles. The molecule has 1 heterocycles. The van der Waals surface area contributed by atoms with Crippen LogP contribution in [0, 0.1) is 5.82 Å². The Bertz CT molecular complexity index is 467. The maximum Gasteiger partial charge on any atom is 0.181 e. The Hall–Kier alpha value is -1.39. The molecule has 0 aliphatic heterocycles. The molecule has 0 aliphatic rings. The van der Waals surface area contributed by atoms with Gasteiger partial charge in [-0.15, -0.1) is 11.3 Å². The Kier molecular flexibility index (Phi) is 3.22. The highest BCUT2D eigenvalue weighted by Gasteiger charge is 2.20. The second-order valence-electron chi connectivity index (χ2n) is 3.30. The predicted molar refractivity (Wildman–Crippen MR) is 61.3 cm³/mol. The highest BCUT2D eigenvalue weighted by molar-refractivity contribution is 7.10. The van der Waals surface area contributed by atoms with Crippen molar-refractivity contribution in [2.75, 3.05) is 7.11 Å². The molecular formula is C12H11FO2S. The zero-order valence-corrected chi connectivity index (χ0v) is 9.50. The molecule has 0 radical (unpaired) electrons. The molecule has 0 spiro atoms. The van der Waals surface area contributed by atoms with Crippen molar-refractivity contribution in [3.8, 4) is 5.75 Å². The van der Waals surface area contributed by atoms with E-state index in [0.717, 1.165) is 11.3 Å². The predicted octanol–water partition coefficient (Wildman–Crippen LogP) is 2.98. The second kappa shape index (κ2) is 4.63. The van der Waals surface area contributed by atoms with Crippen LogP contribution in [0.2, 0.25) is 0 Å². The lowest BCUT2D eigenvalue weighted by Gasteiger charge is -2.08. The number of rotatable bonds is 3. The quantitative estimate of drug-likeness (QED) is 0.890. The van der Waals surface area contributed by atoms with Crippen LogP contribution in [-0.2, 0) is 0 Å². The molecule has 2 nitrogen and oxygen atoms in total. The summed E-state index contributed by atoms with van der Waals surface area (Å²) in [7, 11) is 1.41. The van der Waals surface area contributed by atoms with E-state index >= 15 is 0 Å². The number of benzene rings is 1. The fraction of sp³-hybridized carbons (Fsp3) is 0.167. The standard InChI is InChI=1S/C12H11FO2S/c1-15-9-7-16-12(10(9)13)11(14)8-5-3-2-4-6-8/h2-7,11,14H,1H3. The van der Waals surface area contributed by atoms with Gasteiger partial charge in [0.05, 0.1) is 12.0 Å². The largest absolute Gasteiger partial charge is 0.493 e. The first-order valence-corrected chi connectivity index (χ1v) is 5.66. The van der Waals surface area contributed by atoms with E-state index in [0.29, 0.717) is 5.56 Å². The molecule has 1 unspecified atom stereocenters. The van der Waals surface area contributed by atoms with Crippen molar-refractivity contribution in [2.45, 2.75) is 6.10 Å². The van der Waals surface area contributed by atoms with Gasteiger partial charge in [0.25, 0.3) is 0 Å². The first kappa shape index (κ1) is 11.1. The van der Waals surface area contributed by atoms with Crippen LogP contribution in [0.25, 0.3) is 0 Å². The van der Waals surface area contributed by atoms with E-state index in [-0.39, 0.29) is 10.6 Å². The SMILES string of the molecule is COc1csc(C(O)c2ccccc2)c1F. The van der Waals surface area contributed by atoms with Gasteiger partial charge in [0.2, 0.25) is 0 Å². The van der Waals surface area contributed by atoms with E-state index in [4.69, 9.17) is 4.74 Å². The Balaban J connectivity index is 2.34. The van der Waals surface area contributed by atoms with Gasteiger partial charge >= 0.3 is 0 Å². The average Bonchev–Trinajstić information content (AvgIpc) is 2.70. The van der Waals surface area contributed by atoms with Crippen molar-refractivity contribution < 1.29 is 14.2 Å². The van der Waals surface area contributed by atoms with Crippen LogP contribution in [0.3, 0.4) is 0 Å². The molecule has 1 aromatic carbocycles. The van der Waals surface area contributed by atoms with Crippen LogP contribution in [-0.4, -0.2) is 12.2 Å². The Labute approximate surface area is 96.9 Å². The van der Waals surface area contributed by atoms with Gasteiger partial charge < -0.3 is 9.84 Å². The van der Waals surface area contributed by atoms with Gasteiger partial charge in [0.15, 0.2) is 11.6 Å². The maximum absolute atomic E-state index is 13.7. The summed E-state index contributed by atoms with van der Waals surface area (Å²) in [6.45, 7) is 0. The van der Waals surface area contributed by atoms with Crippen LogP contribution < -0.4 is 4.74 Å². The maximum atomic E-state index is 13.7. The number of hydrogen-bond donors (Lipinski definition) is 1. The third kappa shape index (κ3) is 1.94. The monoisotopic (exact) mass is 238 g/mol. The fourth-order valence-electron chi connectivity index (χ4n) is 1.45. The summed E-state index contributed by atoms with van der Waals surface area (Å²) in [5.74, 6) is -0.307. The van der Waals surface area contributed by atoms with Crippen LogP contribution in [0.4, 0.5) is 4.39 Å². The Morgan fingerprint density at radius 2 is 2.00 bits per heavy atom. The summed E-state index contributed by atoms with van der Waals surface area (Å²) in [5, 5.41) is 11.5. The second-order valence-corrected chi connectivity index (χ2v) is 4.21. The summed E-state index contributed by atoms with van der Waals surface area (Å²) in [6, 6.07) is 8.98. The van der Waals surface area contributed by atoms with E-state index in [2.05, 4.69) is 0 Å². The van der Waals surface area contributed by atoms with Crippen molar-refractivity contribution >= 4 is 11.3 Å². The molecule has 1 atom stereocenters. The molecule has 1 aromatic heterocycles. The minimum absolute atomic E-state index is 0.176.